The van der Waals surface area contributed by atoms with Gasteiger partial charge in [-0.25, -0.2) is 0 Å². The van der Waals surface area contributed by atoms with Gasteiger partial charge in [-0.05, 0) is 42.6 Å². The van der Waals surface area contributed by atoms with E-state index >= 15 is 0 Å². The number of carbonyl (C=O) groups is 2. The quantitative estimate of drug-likeness (QED) is 0.703. The zero-order valence-corrected chi connectivity index (χ0v) is 11.2. The van der Waals surface area contributed by atoms with Gasteiger partial charge in [0.2, 0.25) is 0 Å². The summed E-state index contributed by atoms with van der Waals surface area (Å²) in [5, 5.41) is 0. The standard InChI is InChI=1S/C15H22O2/c1-9(2)11-5-6-15(4)10(3)12(7-16)14(11)13(15)8-17/h7-9,11,13-14H,5-6H2,1-4H3. The van der Waals surface area contributed by atoms with Gasteiger partial charge in [-0.1, -0.05) is 26.3 Å². The van der Waals surface area contributed by atoms with Gasteiger partial charge in [0.1, 0.15) is 12.6 Å². The molecule has 4 atom stereocenters. The smallest absolute Gasteiger partial charge is 0.146 e. The molecule has 0 spiro atoms. The first-order valence-corrected chi connectivity index (χ1v) is 6.59. The Morgan fingerprint density at radius 3 is 2.47 bits per heavy atom. The molecule has 2 heteroatoms. The summed E-state index contributed by atoms with van der Waals surface area (Å²) in [6, 6.07) is 0. The van der Waals surface area contributed by atoms with Crippen molar-refractivity contribution in [3.05, 3.63) is 11.1 Å². The van der Waals surface area contributed by atoms with Crippen LogP contribution in [0.1, 0.15) is 40.5 Å². The summed E-state index contributed by atoms with van der Waals surface area (Å²) in [6.07, 6.45) is 4.28. The molecule has 4 unspecified atom stereocenters. The van der Waals surface area contributed by atoms with E-state index in [1.807, 2.05) is 6.92 Å². The van der Waals surface area contributed by atoms with Crippen LogP contribution in [-0.2, 0) is 9.59 Å². The monoisotopic (exact) mass is 234 g/mol. The molecule has 0 amide bonds. The zero-order valence-electron chi connectivity index (χ0n) is 11.2. The van der Waals surface area contributed by atoms with Gasteiger partial charge in [-0.15, -0.1) is 0 Å². The molecule has 2 nitrogen and oxygen atoms in total. The first kappa shape index (κ1) is 12.5. The number of carbonyl (C=O) groups excluding carboxylic acids is 2. The van der Waals surface area contributed by atoms with Gasteiger partial charge in [0.15, 0.2) is 0 Å². The van der Waals surface area contributed by atoms with Gasteiger partial charge in [-0.3, -0.25) is 4.79 Å². The molecule has 17 heavy (non-hydrogen) atoms. The average Bonchev–Trinajstić information content (AvgIpc) is 2.41. The summed E-state index contributed by atoms with van der Waals surface area (Å²) in [5.74, 6) is 1.20. The summed E-state index contributed by atoms with van der Waals surface area (Å²) >= 11 is 0. The van der Waals surface area contributed by atoms with Gasteiger partial charge in [-0.2, -0.15) is 0 Å². The van der Waals surface area contributed by atoms with E-state index in [4.69, 9.17) is 0 Å². The van der Waals surface area contributed by atoms with Crippen LogP contribution in [0.3, 0.4) is 0 Å². The van der Waals surface area contributed by atoms with Crippen LogP contribution in [0, 0.1) is 29.1 Å². The molecule has 0 aliphatic heterocycles. The Labute approximate surface area is 103 Å². The fourth-order valence-electron chi connectivity index (χ4n) is 4.07. The van der Waals surface area contributed by atoms with E-state index < -0.39 is 0 Å². The second kappa shape index (κ2) is 4.08. The number of allylic oxidation sites excluding steroid dienone is 2. The number of aldehydes is 2. The van der Waals surface area contributed by atoms with E-state index in [1.54, 1.807) is 0 Å². The maximum absolute atomic E-state index is 11.5. The molecule has 1 saturated carbocycles. The van der Waals surface area contributed by atoms with Crippen LogP contribution in [0.25, 0.3) is 0 Å². The minimum Gasteiger partial charge on any atom is -0.303 e. The summed E-state index contributed by atoms with van der Waals surface area (Å²) < 4.78 is 0. The fourth-order valence-corrected chi connectivity index (χ4v) is 4.07. The molecule has 2 aliphatic carbocycles. The van der Waals surface area contributed by atoms with Crippen molar-refractivity contribution < 1.29 is 9.59 Å². The summed E-state index contributed by atoms with van der Waals surface area (Å²) in [5.41, 5.74) is 2.02. The third-order valence-corrected chi connectivity index (χ3v) is 5.36. The van der Waals surface area contributed by atoms with E-state index in [1.165, 1.54) is 0 Å². The van der Waals surface area contributed by atoms with Gasteiger partial charge >= 0.3 is 0 Å². The summed E-state index contributed by atoms with van der Waals surface area (Å²) in [6.45, 7) is 8.60. The van der Waals surface area contributed by atoms with Crippen molar-refractivity contribution >= 4 is 12.6 Å². The number of rotatable bonds is 3. The van der Waals surface area contributed by atoms with E-state index in [2.05, 4.69) is 20.8 Å². The Hall–Kier alpha value is -0.920. The lowest BCUT2D eigenvalue weighted by atomic mass is 9.60. The first-order valence-electron chi connectivity index (χ1n) is 6.59. The summed E-state index contributed by atoms with van der Waals surface area (Å²) in [4.78, 5) is 22.8. The third kappa shape index (κ3) is 1.53. The molecule has 0 aromatic heterocycles. The van der Waals surface area contributed by atoms with Crippen molar-refractivity contribution in [2.24, 2.45) is 29.1 Å². The van der Waals surface area contributed by atoms with Crippen LogP contribution in [0.15, 0.2) is 11.1 Å². The predicted molar refractivity (Wildman–Crippen MR) is 67.5 cm³/mol. The largest absolute Gasteiger partial charge is 0.303 e. The highest BCUT2D eigenvalue weighted by atomic mass is 16.1. The van der Waals surface area contributed by atoms with Gasteiger partial charge < -0.3 is 4.79 Å². The summed E-state index contributed by atoms with van der Waals surface area (Å²) in [7, 11) is 0. The van der Waals surface area contributed by atoms with E-state index in [0.717, 1.165) is 36.6 Å². The van der Waals surface area contributed by atoms with Crippen molar-refractivity contribution in [1.82, 2.24) is 0 Å². The number of hydrogen-bond acceptors (Lipinski definition) is 2. The van der Waals surface area contributed by atoms with Crippen LogP contribution in [0.5, 0.6) is 0 Å². The zero-order chi connectivity index (χ0) is 12.8. The highest BCUT2D eigenvalue weighted by Gasteiger charge is 2.55. The lowest BCUT2D eigenvalue weighted by molar-refractivity contribution is -0.117. The van der Waals surface area contributed by atoms with Crippen molar-refractivity contribution in [2.45, 2.75) is 40.5 Å². The highest BCUT2D eigenvalue weighted by Crippen LogP contribution is 2.60. The minimum absolute atomic E-state index is 0.0175. The van der Waals surface area contributed by atoms with Gasteiger partial charge in [0.25, 0.3) is 0 Å². The van der Waals surface area contributed by atoms with E-state index in [-0.39, 0.29) is 17.3 Å². The van der Waals surface area contributed by atoms with Crippen LogP contribution < -0.4 is 0 Å². The molecule has 2 bridgehead atoms. The van der Waals surface area contributed by atoms with E-state index in [0.29, 0.717) is 11.8 Å². The topological polar surface area (TPSA) is 34.1 Å². The lowest BCUT2D eigenvalue weighted by Crippen LogP contribution is -2.39. The Balaban J connectivity index is 2.51. The molecule has 1 fully saturated rings. The molecule has 2 aliphatic rings. The average molecular weight is 234 g/mol. The Morgan fingerprint density at radius 2 is 2.00 bits per heavy atom. The maximum atomic E-state index is 11.5. The van der Waals surface area contributed by atoms with Crippen LogP contribution in [0.2, 0.25) is 0 Å². The van der Waals surface area contributed by atoms with Crippen molar-refractivity contribution in [1.29, 1.82) is 0 Å². The molecule has 0 radical (unpaired) electrons. The molecule has 0 aromatic carbocycles. The second-order valence-corrected chi connectivity index (χ2v) is 6.25. The molecular weight excluding hydrogens is 212 g/mol. The van der Waals surface area contributed by atoms with Gasteiger partial charge in [0, 0.05) is 11.8 Å². The normalized spacial score (nSPS) is 40.9. The molecule has 94 valence electrons. The van der Waals surface area contributed by atoms with Crippen LogP contribution in [-0.4, -0.2) is 12.6 Å². The molecular formula is C15H22O2. The van der Waals surface area contributed by atoms with Crippen LogP contribution >= 0.6 is 0 Å². The maximum Gasteiger partial charge on any atom is 0.146 e. The number of hydrogen-bond donors (Lipinski definition) is 0. The van der Waals surface area contributed by atoms with Crippen LogP contribution in [0.4, 0.5) is 0 Å². The number of fused-ring (bicyclic) bond motifs is 2. The minimum atomic E-state index is -0.0615. The second-order valence-electron chi connectivity index (χ2n) is 6.25. The lowest BCUT2D eigenvalue weighted by Gasteiger charge is -2.43. The Kier molecular flexibility index (Phi) is 3.01. The van der Waals surface area contributed by atoms with Crippen molar-refractivity contribution in [3.8, 4) is 0 Å². The fraction of sp³-hybridized carbons (Fsp3) is 0.733. The Bertz CT molecular complexity index is 380. The predicted octanol–water partition coefficient (Wildman–Crippen LogP) is 3.02. The van der Waals surface area contributed by atoms with Crippen molar-refractivity contribution in [3.63, 3.8) is 0 Å². The molecule has 0 N–H and O–H groups in total. The highest BCUT2D eigenvalue weighted by molar-refractivity contribution is 5.80. The van der Waals surface area contributed by atoms with Crippen molar-refractivity contribution in [2.75, 3.05) is 0 Å². The molecule has 0 aromatic rings. The molecule has 0 saturated heterocycles. The third-order valence-electron chi connectivity index (χ3n) is 5.36. The SMILES string of the molecule is CC1=C(C=O)C2C(C(C)C)CCC1(C)C2C=O. The molecule has 0 heterocycles. The van der Waals surface area contributed by atoms with E-state index in [9.17, 15) is 9.59 Å². The first-order chi connectivity index (χ1) is 7.97. The Morgan fingerprint density at radius 1 is 1.35 bits per heavy atom. The van der Waals surface area contributed by atoms with Gasteiger partial charge in [0.05, 0.1) is 0 Å². The molecule has 2 rings (SSSR count).